The fraction of sp³-hybridized carbons (Fsp3) is 0.500. The SMILES string of the molecule is O=S(=O)(O)CCCCc1[c][nH][c]c1. The molecule has 0 aliphatic heterocycles. The van der Waals surface area contributed by atoms with Gasteiger partial charge in [-0.05, 0) is 30.9 Å². The average molecular weight is 201 g/mol. The van der Waals surface area contributed by atoms with Crippen LogP contribution in [0.4, 0.5) is 0 Å². The molecule has 0 atom stereocenters. The van der Waals surface area contributed by atoms with Gasteiger partial charge in [-0.25, -0.2) is 0 Å². The minimum atomic E-state index is -3.79. The summed E-state index contributed by atoms with van der Waals surface area (Å²) in [6.45, 7) is 0. The van der Waals surface area contributed by atoms with E-state index in [1.54, 1.807) is 6.07 Å². The summed E-state index contributed by atoms with van der Waals surface area (Å²) in [5, 5.41) is 0. The van der Waals surface area contributed by atoms with E-state index in [4.69, 9.17) is 4.55 Å². The summed E-state index contributed by atoms with van der Waals surface area (Å²) < 4.78 is 29.1. The van der Waals surface area contributed by atoms with E-state index in [1.165, 1.54) is 0 Å². The van der Waals surface area contributed by atoms with E-state index in [0.29, 0.717) is 6.42 Å². The van der Waals surface area contributed by atoms with Crippen molar-refractivity contribution in [3.8, 4) is 0 Å². The van der Waals surface area contributed by atoms with Crippen LogP contribution < -0.4 is 0 Å². The molecule has 13 heavy (non-hydrogen) atoms. The molecule has 0 unspecified atom stereocenters. The number of aryl methyl sites for hydroxylation is 1. The molecular formula is C8H11NO3S. The number of rotatable bonds is 5. The first-order valence-electron chi connectivity index (χ1n) is 3.99. The topological polar surface area (TPSA) is 70.2 Å². The number of hydrogen-bond acceptors (Lipinski definition) is 2. The minimum absolute atomic E-state index is 0.166. The van der Waals surface area contributed by atoms with Gasteiger partial charge < -0.3 is 4.98 Å². The third-order valence-electron chi connectivity index (χ3n) is 1.64. The van der Waals surface area contributed by atoms with Crippen molar-refractivity contribution in [2.24, 2.45) is 0 Å². The highest BCUT2D eigenvalue weighted by Crippen LogP contribution is 2.03. The summed E-state index contributed by atoms with van der Waals surface area (Å²) in [4.78, 5) is 2.67. The zero-order chi connectivity index (χ0) is 9.73. The molecule has 0 saturated heterocycles. The van der Waals surface area contributed by atoms with Crippen LogP contribution >= 0.6 is 0 Å². The van der Waals surface area contributed by atoms with Gasteiger partial charge in [-0.2, -0.15) is 8.42 Å². The zero-order valence-corrected chi connectivity index (χ0v) is 7.89. The van der Waals surface area contributed by atoms with Gasteiger partial charge in [0.05, 0.1) is 18.1 Å². The lowest BCUT2D eigenvalue weighted by molar-refractivity contribution is 0.480. The predicted molar refractivity (Wildman–Crippen MR) is 47.8 cm³/mol. The maximum Gasteiger partial charge on any atom is 0.264 e. The van der Waals surface area contributed by atoms with E-state index in [9.17, 15) is 8.42 Å². The predicted octanol–water partition coefficient (Wildman–Crippen LogP) is 0.826. The number of nitrogens with one attached hydrogen (secondary N) is 1. The maximum absolute atomic E-state index is 10.3. The third kappa shape index (κ3) is 4.69. The van der Waals surface area contributed by atoms with Crippen LogP contribution in [0.25, 0.3) is 0 Å². The van der Waals surface area contributed by atoms with Gasteiger partial charge in [0.15, 0.2) is 0 Å². The number of unbranched alkanes of at least 4 members (excludes halogenated alkanes) is 1. The van der Waals surface area contributed by atoms with Crippen molar-refractivity contribution in [1.29, 1.82) is 0 Å². The smallest absolute Gasteiger partial charge is 0.264 e. The van der Waals surface area contributed by atoms with E-state index in [-0.39, 0.29) is 5.75 Å². The number of aromatic amines is 1. The van der Waals surface area contributed by atoms with E-state index >= 15 is 0 Å². The Morgan fingerprint density at radius 2 is 2.23 bits per heavy atom. The van der Waals surface area contributed by atoms with Crippen LogP contribution in [0.5, 0.6) is 0 Å². The molecule has 4 nitrogen and oxygen atoms in total. The van der Waals surface area contributed by atoms with E-state index in [0.717, 1.165) is 18.4 Å². The van der Waals surface area contributed by atoms with Gasteiger partial charge in [0.25, 0.3) is 10.1 Å². The molecule has 2 N–H and O–H groups in total. The monoisotopic (exact) mass is 201 g/mol. The van der Waals surface area contributed by atoms with Crippen molar-refractivity contribution in [3.63, 3.8) is 0 Å². The lowest BCUT2D eigenvalue weighted by atomic mass is 10.2. The molecule has 5 heteroatoms. The summed E-state index contributed by atoms with van der Waals surface area (Å²) in [7, 11) is -3.79. The molecule has 0 amide bonds. The molecule has 0 aromatic carbocycles. The lowest BCUT2D eigenvalue weighted by Crippen LogP contribution is -2.03. The number of hydrogen-bond donors (Lipinski definition) is 2. The Hall–Kier alpha value is -0.810. The highest BCUT2D eigenvalue weighted by molar-refractivity contribution is 7.85. The van der Waals surface area contributed by atoms with E-state index in [2.05, 4.69) is 17.4 Å². The second-order valence-corrected chi connectivity index (χ2v) is 4.38. The molecule has 72 valence electrons. The van der Waals surface area contributed by atoms with Crippen LogP contribution in [-0.2, 0) is 16.5 Å². The molecule has 0 fully saturated rings. The molecule has 0 spiro atoms. The van der Waals surface area contributed by atoms with Crippen LogP contribution in [0.1, 0.15) is 18.4 Å². The number of aromatic nitrogens is 1. The molecule has 2 radical (unpaired) electrons. The van der Waals surface area contributed by atoms with Gasteiger partial charge in [0.1, 0.15) is 0 Å². The Bertz CT molecular complexity index is 328. The Labute approximate surface area is 77.7 Å². The van der Waals surface area contributed by atoms with Gasteiger partial charge in [-0.1, -0.05) is 0 Å². The molecular weight excluding hydrogens is 190 g/mol. The molecule has 0 aliphatic rings. The molecule has 1 aromatic rings. The Morgan fingerprint density at radius 3 is 2.77 bits per heavy atom. The first kappa shape index (κ1) is 10.3. The normalized spacial score (nSPS) is 11.8. The highest BCUT2D eigenvalue weighted by atomic mass is 32.2. The van der Waals surface area contributed by atoms with Gasteiger partial charge in [-0.15, -0.1) is 0 Å². The fourth-order valence-electron chi connectivity index (χ4n) is 1.01. The molecule has 1 heterocycles. The van der Waals surface area contributed by atoms with Crippen molar-refractivity contribution >= 4 is 10.1 Å². The van der Waals surface area contributed by atoms with Crippen LogP contribution in [-0.4, -0.2) is 23.7 Å². The lowest BCUT2D eigenvalue weighted by Gasteiger charge is -1.96. The van der Waals surface area contributed by atoms with Crippen LogP contribution in [0.2, 0.25) is 0 Å². The molecule has 1 aromatic heterocycles. The summed E-state index contributed by atoms with van der Waals surface area (Å²) in [5.41, 5.74) is 0.982. The second-order valence-electron chi connectivity index (χ2n) is 2.81. The molecule has 1 rings (SSSR count). The fourth-order valence-corrected chi connectivity index (χ4v) is 1.58. The standard InChI is InChI=1S/C8H11NO3S/c10-13(11,12)6-2-1-3-8-4-5-9-7-8/h4,9H,1-3,6H2,(H,10,11,12). The highest BCUT2D eigenvalue weighted by Gasteiger charge is 2.03. The average Bonchev–Trinajstić information content (AvgIpc) is 2.48. The van der Waals surface area contributed by atoms with Gasteiger partial charge in [0.2, 0.25) is 0 Å². The van der Waals surface area contributed by atoms with Crippen molar-refractivity contribution in [1.82, 2.24) is 4.98 Å². The summed E-state index contributed by atoms with van der Waals surface area (Å²) in [6.07, 6.45) is 7.53. The van der Waals surface area contributed by atoms with Crippen LogP contribution in [0.15, 0.2) is 6.07 Å². The van der Waals surface area contributed by atoms with Gasteiger partial charge in [0, 0.05) is 0 Å². The summed E-state index contributed by atoms with van der Waals surface area (Å²) >= 11 is 0. The van der Waals surface area contributed by atoms with Crippen LogP contribution in [0.3, 0.4) is 0 Å². The second kappa shape index (κ2) is 4.43. The van der Waals surface area contributed by atoms with Crippen molar-refractivity contribution in [2.45, 2.75) is 19.3 Å². The van der Waals surface area contributed by atoms with E-state index in [1.807, 2.05) is 0 Å². The van der Waals surface area contributed by atoms with Gasteiger partial charge in [-0.3, -0.25) is 4.55 Å². The Balaban J connectivity index is 2.16. The van der Waals surface area contributed by atoms with Crippen molar-refractivity contribution in [3.05, 3.63) is 24.0 Å². The van der Waals surface area contributed by atoms with E-state index < -0.39 is 10.1 Å². The van der Waals surface area contributed by atoms with Gasteiger partial charge >= 0.3 is 0 Å². The first-order chi connectivity index (χ1) is 6.08. The number of H-pyrrole nitrogens is 1. The Kier molecular flexibility index (Phi) is 3.50. The zero-order valence-electron chi connectivity index (χ0n) is 7.08. The largest absolute Gasteiger partial charge is 0.352 e. The Morgan fingerprint density at radius 1 is 1.46 bits per heavy atom. The molecule has 0 aliphatic carbocycles. The first-order valence-corrected chi connectivity index (χ1v) is 5.59. The minimum Gasteiger partial charge on any atom is -0.352 e. The molecule has 0 bridgehead atoms. The molecule has 0 saturated carbocycles. The quantitative estimate of drug-likeness (QED) is 0.547. The van der Waals surface area contributed by atoms with Crippen molar-refractivity contribution < 1.29 is 13.0 Å². The third-order valence-corrected chi connectivity index (χ3v) is 2.44. The summed E-state index contributed by atoms with van der Waals surface area (Å²) in [5.74, 6) is -0.166. The van der Waals surface area contributed by atoms with Crippen LogP contribution in [0, 0.1) is 12.4 Å². The maximum atomic E-state index is 10.3. The summed E-state index contributed by atoms with van der Waals surface area (Å²) in [6, 6.07) is 1.77. The van der Waals surface area contributed by atoms with Crippen molar-refractivity contribution in [2.75, 3.05) is 5.75 Å².